The first-order valence-electron chi connectivity index (χ1n) is 8.97. The summed E-state index contributed by atoms with van der Waals surface area (Å²) >= 11 is 0. The molecule has 1 aromatic carbocycles. The monoisotopic (exact) mass is 333 g/mol. The third-order valence-electron chi connectivity index (χ3n) is 4.83. The molecule has 4 heteroatoms. The van der Waals surface area contributed by atoms with E-state index < -0.39 is 0 Å². The highest BCUT2D eigenvalue weighted by atomic mass is 16.5. The maximum absolute atomic E-state index is 6.12. The van der Waals surface area contributed by atoms with E-state index in [9.17, 15) is 0 Å². The Labute approximate surface area is 148 Å². The van der Waals surface area contributed by atoms with Crippen molar-refractivity contribution in [2.75, 3.05) is 18.0 Å². The SMILES string of the molecule is CCc1cc(N2CCC(OCc3ccncc3)C2)c2ccccc2n1. The van der Waals surface area contributed by atoms with E-state index >= 15 is 0 Å². The number of hydrogen-bond donors (Lipinski definition) is 0. The summed E-state index contributed by atoms with van der Waals surface area (Å²) < 4.78 is 6.12. The Morgan fingerprint density at radius 1 is 1.16 bits per heavy atom. The largest absolute Gasteiger partial charge is 0.372 e. The average Bonchev–Trinajstić information content (AvgIpc) is 3.15. The summed E-state index contributed by atoms with van der Waals surface area (Å²) in [5, 5.41) is 1.23. The molecule has 0 saturated carbocycles. The van der Waals surface area contributed by atoms with E-state index in [2.05, 4.69) is 47.1 Å². The molecule has 3 heterocycles. The van der Waals surface area contributed by atoms with Crippen molar-refractivity contribution in [3.05, 3.63) is 66.1 Å². The van der Waals surface area contributed by atoms with Crippen LogP contribution in [0.1, 0.15) is 24.6 Å². The van der Waals surface area contributed by atoms with Gasteiger partial charge in [-0.1, -0.05) is 25.1 Å². The van der Waals surface area contributed by atoms with Crippen molar-refractivity contribution in [3.63, 3.8) is 0 Å². The topological polar surface area (TPSA) is 38.2 Å². The Morgan fingerprint density at radius 3 is 2.84 bits per heavy atom. The number of rotatable bonds is 5. The summed E-state index contributed by atoms with van der Waals surface area (Å²) in [5.41, 5.74) is 4.70. The number of benzene rings is 1. The van der Waals surface area contributed by atoms with E-state index in [4.69, 9.17) is 9.72 Å². The van der Waals surface area contributed by atoms with Gasteiger partial charge >= 0.3 is 0 Å². The molecule has 1 fully saturated rings. The molecule has 1 aliphatic rings. The van der Waals surface area contributed by atoms with Gasteiger partial charge in [-0.3, -0.25) is 9.97 Å². The number of fused-ring (bicyclic) bond motifs is 1. The summed E-state index contributed by atoms with van der Waals surface area (Å²) in [6, 6.07) is 14.7. The third-order valence-corrected chi connectivity index (χ3v) is 4.83. The van der Waals surface area contributed by atoms with Gasteiger partial charge in [0.25, 0.3) is 0 Å². The van der Waals surface area contributed by atoms with Gasteiger partial charge in [0, 0.05) is 42.3 Å². The maximum atomic E-state index is 6.12. The maximum Gasteiger partial charge on any atom is 0.0771 e. The van der Waals surface area contributed by atoms with Crippen LogP contribution in [-0.2, 0) is 17.8 Å². The Kier molecular flexibility index (Phi) is 4.61. The molecule has 0 radical (unpaired) electrons. The molecule has 4 rings (SSSR count). The van der Waals surface area contributed by atoms with Crippen LogP contribution in [0.5, 0.6) is 0 Å². The van der Waals surface area contributed by atoms with Crippen LogP contribution in [-0.4, -0.2) is 29.2 Å². The summed E-state index contributed by atoms with van der Waals surface area (Å²) in [4.78, 5) is 11.3. The zero-order valence-corrected chi connectivity index (χ0v) is 14.6. The molecule has 0 N–H and O–H groups in total. The Hall–Kier alpha value is -2.46. The van der Waals surface area contributed by atoms with E-state index in [0.29, 0.717) is 6.61 Å². The lowest BCUT2D eigenvalue weighted by molar-refractivity contribution is 0.0553. The molecule has 0 bridgehead atoms. The number of ether oxygens (including phenoxy) is 1. The van der Waals surface area contributed by atoms with Crippen LogP contribution in [0.4, 0.5) is 5.69 Å². The van der Waals surface area contributed by atoms with Crippen LogP contribution in [0.15, 0.2) is 54.9 Å². The fourth-order valence-electron chi connectivity index (χ4n) is 3.43. The number of nitrogens with zero attached hydrogens (tertiary/aromatic N) is 3. The normalized spacial score (nSPS) is 17.3. The van der Waals surface area contributed by atoms with Crippen molar-refractivity contribution in [3.8, 4) is 0 Å². The van der Waals surface area contributed by atoms with Crippen LogP contribution in [0, 0.1) is 0 Å². The number of aryl methyl sites for hydroxylation is 1. The Morgan fingerprint density at radius 2 is 2.00 bits per heavy atom. The predicted molar refractivity (Wildman–Crippen MR) is 101 cm³/mol. The molecular formula is C21H23N3O. The van der Waals surface area contributed by atoms with Crippen molar-refractivity contribution in [1.29, 1.82) is 0 Å². The van der Waals surface area contributed by atoms with E-state index in [-0.39, 0.29) is 6.10 Å². The fraction of sp³-hybridized carbons (Fsp3) is 0.333. The lowest BCUT2D eigenvalue weighted by Gasteiger charge is -2.21. The van der Waals surface area contributed by atoms with Crippen LogP contribution in [0.3, 0.4) is 0 Å². The third kappa shape index (κ3) is 3.49. The van der Waals surface area contributed by atoms with Gasteiger partial charge in [0.05, 0.1) is 18.2 Å². The smallest absolute Gasteiger partial charge is 0.0771 e. The Bertz CT molecular complexity index is 850. The van der Waals surface area contributed by atoms with Gasteiger partial charge in [0.1, 0.15) is 0 Å². The molecule has 1 saturated heterocycles. The van der Waals surface area contributed by atoms with Crippen molar-refractivity contribution >= 4 is 16.6 Å². The number of aromatic nitrogens is 2. The quantitative estimate of drug-likeness (QED) is 0.708. The molecule has 0 spiro atoms. The van der Waals surface area contributed by atoms with Gasteiger partial charge in [-0.05, 0) is 42.7 Å². The summed E-state index contributed by atoms with van der Waals surface area (Å²) in [5.74, 6) is 0. The molecule has 128 valence electrons. The van der Waals surface area contributed by atoms with Gasteiger partial charge < -0.3 is 9.64 Å². The molecule has 1 atom stereocenters. The zero-order valence-electron chi connectivity index (χ0n) is 14.6. The summed E-state index contributed by atoms with van der Waals surface area (Å²) in [6.45, 7) is 4.77. The molecule has 1 unspecified atom stereocenters. The van der Waals surface area contributed by atoms with E-state index in [1.807, 2.05) is 24.5 Å². The molecule has 1 aliphatic heterocycles. The predicted octanol–water partition coefficient (Wildman–Crippen LogP) is 3.99. The van der Waals surface area contributed by atoms with Crippen molar-refractivity contribution in [2.45, 2.75) is 32.5 Å². The second-order valence-corrected chi connectivity index (χ2v) is 6.53. The van der Waals surface area contributed by atoms with Crippen LogP contribution >= 0.6 is 0 Å². The molecular weight excluding hydrogens is 310 g/mol. The highest BCUT2D eigenvalue weighted by Gasteiger charge is 2.25. The van der Waals surface area contributed by atoms with Crippen molar-refractivity contribution in [1.82, 2.24) is 9.97 Å². The highest BCUT2D eigenvalue weighted by molar-refractivity contribution is 5.92. The minimum Gasteiger partial charge on any atom is -0.372 e. The van der Waals surface area contributed by atoms with E-state index in [0.717, 1.165) is 37.1 Å². The molecule has 3 aromatic rings. The number of hydrogen-bond acceptors (Lipinski definition) is 4. The average molecular weight is 333 g/mol. The molecule has 0 amide bonds. The molecule has 0 aliphatic carbocycles. The lowest BCUT2D eigenvalue weighted by atomic mass is 10.1. The van der Waals surface area contributed by atoms with Crippen molar-refractivity contribution in [2.24, 2.45) is 0 Å². The van der Waals surface area contributed by atoms with E-state index in [1.165, 1.54) is 16.6 Å². The number of para-hydroxylation sites is 1. The second kappa shape index (κ2) is 7.19. The number of pyridine rings is 2. The zero-order chi connectivity index (χ0) is 17.1. The minimum absolute atomic E-state index is 0.269. The lowest BCUT2D eigenvalue weighted by Crippen LogP contribution is -2.23. The van der Waals surface area contributed by atoms with Gasteiger partial charge in [-0.15, -0.1) is 0 Å². The van der Waals surface area contributed by atoms with Crippen LogP contribution < -0.4 is 4.90 Å². The van der Waals surface area contributed by atoms with E-state index in [1.54, 1.807) is 0 Å². The van der Waals surface area contributed by atoms with Gasteiger partial charge in [0.2, 0.25) is 0 Å². The summed E-state index contributed by atoms with van der Waals surface area (Å²) in [7, 11) is 0. The van der Waals surface area contributed by atoms with Crippen molar-refractivity contribution < 1.29 is 4.74 Å². The number of anilines is 1. The molecule has 2 aromatic heterocycles. The van der Waals surface area contributed by atoms with Gasteiger partial charge in [-0.2, -0.15) is 0 Å². The Balaban J connectivity index is 1.50. The summed E-state index contributed by atoms with van der Waals surface area (Å²) in [6.07, 6.45) is 5.91. The first kappa shape index (κ1) is 16.0. The van der Waals surface area contributed by atoms with Crippen LogP contribution in [0.25, 0.3) is 10.9 Å². The van der Waals surface area contributed by atoms with Crippen LogP contribution in [0.2, 0.25) is 0 Å². The van der Waals surface area contributed by atoms with Gasteiger partial charge in [-0.25, -0.2) is 0 Å². The highest BCUT2D eigenvalue weighted by Crippen LogP contribution is 2.30. The minimum atomic E-state index is 0.269. The second-order valence-electron chi connectivity index (χ2n) is 6.53. The van der Waals surface area contributed by atoms with Gasteiger partial charge in [0.15, 0.2) is 0 Å². The first-order chi connectivity index (χ1) is 12.3. The fourth-order valence-corrected chi connectivity index (χ4v) is 3.43. The molecule has 25 heavy (non-hydrogen) atoms. The standard InChI is InChI=1S/C21H23N3O/c1-2-17-13-21(19-5-3-4-6-20(19)23-17)24-12-9-18(14-24)25-15-16-7-10-22-11-8-16/h3-8,10-11,13,18H,2,9,12,14-15H2,1H3. The first-order valence-corrected chi connectivity index (χ1v) is 8.97. The molecule has 4 nitrogen and oxygen atoms in total.